The molecule has 2 rings (SSSR count). The number of carbonyl (C=O) groups is 1. The molecule has 0 amide bonds. The number of hydrogen-bond acceptors (Lipinski definition) is 2. The van der Waals surface area contributed by atoms with E-state index in [1.165, 1.54) is 0 Å². The van der Waals surface area contributed by atoms with Crippen LogP contribution in [0.5, 0.6) is 0 Å². The molecule has 0 heterocycles. The normalized spacial score (nSPS) is 21.8. The van der Waals surface area contributed by atoms with Gasteiger partial charge in [0.15, 0.2) is 0 Å². The molecule has 1 aliphatic carbocycles. The average Bonchev–Trinajstić information content (AvgIpc) is 2.31. The lowest BCUT2D eigenvalue weighted by Crippen LogP contribution is -2.31. The Labute approximate surface area is 109 Å². The third-order valence-corrected chi connectivity index (χ3v) is 4.77. The van der Waals surface area contributed by atoms with E-state index in [9.17, 15) is 9.90 Å². The van der Waals surface area contributed by atoms with Crippen LogP contribution >= 0.6 is 22.6 Å². The van der Waals surface area contributed by atoms with Crippen LogP contribution in [0.1, 0.15) is 31.2 Å². The van der Waals surface area contributed by atoms with Crippen molar-refractivity contribution in [2.24, 2.45) is 5.92 Å². The molecule has 86 valence electrons. The first-order valence-electron chi connectivity index (χ1n) is 5.59. The molecule has 0 aromatic heterocycles. The highest BCUT2D eigenvalue weighted by atomic mass is 127. The van der Waals surface area contributed by atoms with E-state index in [2.05, 4.69) is 22.6 Å². The number of aliphatic hydroxyl groups is 1. The van der Waals surface area contributed by atoms with Crippen molar-refractivity contribution in [3.05, 3.63) is 35.9 Å². The monoisotopic (exact) mass is 330 g/mol. The maximum Gasteiger partial charge on any atom is 0.143 e. The maximum atomic E-state index is 11.2. The van der Waals surface area contributed by atoms with Crippen molar-refractivity contribution in [1.82, 2.24) is 0 Å². The van der Waals surface area contributed by atoms with Gasteiger partial charge in [-0.25, -0.2) is 0 Å². The molecule has 1 aromatic rings. The minimum absolute atomic E-state index is 0.188. The van der Waals surface area contributed by atoms with Crippen LogP contribution in [0.4, 0.5) is 0 Å². The Morgan fingerprint density at radius 3 is 2.31 bits per heavy atom. The molecule has 0 spiro atoms. The fourth-order valence-corrected chi connectivity index (χ4v) is 3.21. The summed E-state index contributed by atoms with van der Waals surface area (Å²) in [6.07, 6.45) is 2.83. The zero-order valence-electron chi connectivity index (χ0n) is 9.03. The van der Waals surface area contributed by atoms with Gasteiger partial charge in [0.1, 0.15) is 9.39 Å². The highest BCUT2D eigenvalue weighted by Gasteiger charge is 2.37. The number of carbonyl (C=O) groups excluding carboxylic acids is 1. The van der Waals surface area contributed by atoms with Crippen LogP contribution in [-0.2, 0) is 8.40 Å². The van der Waals surface area contributed by atoms with Crippen LogP contribution in [0, 0.1) is 5.92 Å². The first-order valence-corrected chi connectivity index (χ1v) is 6.67. The molecule has 2 nitrogen and oxygen atoms in total. The van der Waals surface area contributed by atoms with Gasteiger partial charge in [-0.3, -0.25) is 4.79 Å². The Morgan fingerprint density at radius 1 is 1.19 bits per heavy atom. The van der Waals surface area contributed by atoms with Crippen LogP contribution < -0.4 is 0 Å². The van der Waals surface area contributed by atoms with E-state index >= 15 is 0 Å². The van der Waals surface area contributed by atoms with Gasteiger partial charge in [0.05, 0.1) is 0 Å². The van der Waals surface area contributed by atoms with Gasteiger partial charge in [-0.05, 0) is 41.0 Å². The molecular weight excluding hydrogens is 315 g/mol. The summed E-state index contributed by atoms with van der Waals surface area (Å²) in [5.74, 6) is 0.518. The predicted octanol–water partition coefficient (Wildman–Crippen LogP) is 3.03. The quantitative estimate of drug-likeness (QED) is 0.669. The molecule has 1 aromatic carbocycles. The maximum absolute atomic E-state index is 11.2. The summed E-state index contributed by atoms with van der Waals surface area (Å²) in [6, 6.07) is 9.71. The molecule has 1 unspecified atom stereocenters. The summed E-state index contributed by atoms with van der Waals surface area (Å²) in [5.41, 5.74) is 0.940. The summed E-state index contributed by atoms with van der Waals surface area (Å²) < 4.78 is -0.834. The van der Waals surface area contributed by atoms with Crippen molar-refractivity contribution >= 4 is 28.4 Å². The first kappa shape index (κ1) is 12.0. The molecule has 3 heteroatoms. The lowest BCUT2D eigenvalue weighted by atomic mass is 9.82. The topological polar surface area (TPSA) is 37.3 Å². The van der Waals surface area contributed by atoms with Crippen molar-refractivity contribution in [1.29, 1.82) is 0 Å². The highest BCUT2D eigenvalue weighted by molar-refractivity contribution is 14.1. The van der Waals surface area contributed by atoms with Crippen molar-refractivity contribution in [3.8, 4) is 0 Å². The average molecular weight is 330 g/mol. The van der Waals surface area contributed by atoms with E-state index in [0.29, 0.717) is 18.6 Å². The molecule has 0 aliphatic heterocycles. The van der Waals surface area contributed by atoms with E-state index < -0.39 is 3.61 Å². The van der Waals surface area contributed by atoms with Crippen molar-refractivity contribution in [2.45, 2.75) is 29.3 Å². The standard InChI is InChI=1S/C13H15IO2/c14-13(16,10-4-2-1-3-5-10)11-6-8-12(15)9-7-11/h1-5,11,16H,6-9H2. The largest absolute Gasteiger partial charge is 0.375 e. The third-order valence-electron chi connectivity index (χ3n) is 3.26. The van der Waals surface area contributed by atoms with Gasteiger partial charge in [0, 0.05) is 18.8 Å². The van der Waals surface area contributed by atoms with Gasteiger partial charge >= 0.3 is 0 Å². The molecule has 1 aliphatic rings. The second-order valence-electron chi connectivity index (χ2n) is 4.35. The molecule has 1 atom stereocenters. The molecule has 1 fully saturated rings. The fraction of sp³-hybridized carbons (Fsp3) is 0.462. The van der Waals surface area contributed by atoms with Crippen LogP contribution in [0.3, 0.4) is 0 Å². The van der Waals surface area contributed by atoms with E-state index in [0.717, 1.165) is 18.4 Å². The Hall–Kier alpha value is -0.420. The Morgan fingerprint density at radius 2 is 1.75 bits per heavy atom. The van der Waals surface area contributed by atoms with Crippen molar-refractivity contribution in [3.63, 3.8) is 0 Å². The number of hydrogen-bond donors (Lipinski definition) is 1. The summed E-state index contributed by atoms with van der Waals surface area (Å²) in [6.45, 7) is 0. The third kappa shape index (κ3) is 2.46. The fourth-order valence-electron chi connectivity index (χ4n) is 2.23. The predicted molar refractivity (Wildman–Crippen MR) is 71.3 cm³/mol. The summed E-state index contributed by atoms with van der Waals surface area (Å²) in [4.78, 5) is 11.2. The Kier molecular flexibility index (Phi) is 3.64. The summed E-state index contributed by atoms with van der Waals surface area (Å²) >= 11 is 2.11. The number of Topliss-reactive ketones (excluding diaryl/α,β-unsaturated/α-hetero) is 1. The smallest absolute Gasteiger partial charge is 0.143 e. The second kappa shape index (κ2) is 4.84. The van der Waals surface area contributed by atoms with E-state index in [1.54, 1.807) is 0 Å². The summed E-state index contributed by atoms with van der Waals surface area (Å²) in [7, 11) is 0. The molecule has 1 saturated carbocycles. The van der Waals surface area contributed by atoms with Crippen LogP contribution in [0.15, 0.2) is 30.3 Å². The highest BCUT2D eigenvalue weighted by Crippen LogP contribution is 2.43. The number of rotatable bonds is 2. The summed E-state index contributed by atoms with van der Waals surface area (Å²) in [5, 5.41) is 10.6. The Bertz CT molecular complexity index is 363. The van der Waals surface area contributed by atoms with Gasteiger partial charge in [-0.1, -0.05) is 30.3 Å². The number of benzene rings is 1. The minimum atomic E-state index is -0.834. The molecule has 0 radical (unpaired) electrons. The zero-order chi connectivity index (χ0) is 11.6. The van der Waals surface area contributed by atoms with E-state index in [-0.39, 0.29) is 5.92 Å². The van der Waals surface area contributed by atoms with Gasteiger partial charge in [0.2, 0.25) is 0 Å². The number of halogens is 1. The van der Waals surface area contributed by atoms with Gasteiger partial charge < -0.3 is 5.11 Å². The second-order valence-corrected chi connectivity index (χ2v) is 6.00. The lowest BCUT2D eigenvalue weighted by Gasteiger charge is -2.33. The van der Waals surface area contributed by atoms with Gasteiger partial charge in [0.25, 0.3) is 0 Å². The zero-order valence-corrected chi connectivity index (χ0v) is 11.2. The van der Waals surface area contributed by atoms with Crippen LogP contribution in [-0.4, -0.2) is 10.9 Å². The minimum Gasteiger partial charge on any atom is -0.375 e. The lowest BCUT2D eigenvalue weighted by molar-refractivity contribution is -0.121. The van der Waals surface area contributed by atoms with Crippen molar-refractivity contribution < 1.29 is 9.90 Å². The molecule has 0 saturated heterocycles. The number of alkyl halides is 1. The van der Waals surface area contributed by atoms with E-state index in [4.69, 9.17) is 0 Å². The SMILES string of the molecule is O=C1CCC(C(O)(I)c2ccccc2)CC1. The first-order chi connectivity index (χ1) is 7.60. The Balaban J connectivity index is 2.16. The van der Waals surface area contributed by atoms with Crippen molar-refractivity contribution in [2.75, 3.05) is 0 Å². The van der Waals surface area contributed by atoms with Gasteiger partial charge in [-0.15, -0.1) is 0 Å². The van der Waals surface area contributed by atoms with Gasteiger partial charge in [-0.2, -0.15) is 0 Å². The van der Waals surface area contributed by atoms with Crippen LogP contribution in [0.2, 0.25) is 0 Å². The molecule has 1 N–H and O–H groups in total. The number of ketones is 1. The van der Waals surface area contributed by atoms with Crippen LogP contribution in [0.25, 0.3) is 0 Å². The molecule has 16 heavy (non-hydrogen) atoms. The van der Waals surface area contributed by atoms with E-state index in [1.807, 2.05) is 30.3 Å². The molecular formula is C13H15IO2. The molecule has 0 bridgehead atoms.